The van der Waals surface area contributed by atoms with E-state index in [4.69, 9.17) is 16.1 Å². The molecule has 7 heteroatoms. The molecule has 126 valence electrons. The average Bonchev–Trinajstić information content (AvgIpc) is 3.05. The Balaban J connectivity index is 1.74. The summed E-state index contributed by atoms with van der Waals surface area (Å²) in [4.78, 5) is 23.4. The molecule has 0 spiro atoms. The molecule has 3 aromatic rings. The van der Waals surface area contributed by atoms with Gasteiger partial charge in [0.1, 0.15) is 0 Å². The maximum absolute atomic E-state index is 12.3. The molecule has 0 radical (unpaired) electrons. The van der Waals surface area contributed by atoms with Gasteiger partial charge in [-0.15, -0.1) is 0 Å². The van der Waals surface area contributed by atoms with E-state index in [2.05, 4.69) is 15.8 Å². The monoisotopic (exact) mass is 355 g/mol. The lowest BCUT2D eigenvalue weighted by Gasteiger charge is -2.06. The summed E-state index contributed by atoms with van der Waals surface area (Å²) in [6, 6.07) is 15.4. The summed E-state index contributed by atoms with van der Waals surface area (Å²) < 4.78 is 5.21. The van der Waals surface area contributed by atoms with Gasteiger partial charge < -0.3 is 15.2 Å². The van der Waals surface area contributed by atoms with Gasteiger partial charge in [0.25, 0.3) is 5.91 Å². The molecule has 0 bridgehead atoms. The molecule has 3 rings (SSSR count). The van der Waals surface area contributed by atoms with Gasteiger partial charge in [0, 0.05) is 35.0 Å². The first-order valence-electron chi connectivity index (χ1n) is 7.43. The largest absolute Gasteiger partial charge is 0.355 e. The fourth-order valence-corrected chi connectivity index (χ4v) is 2.33. The molecule has 25 heavy (non-hydrogen) atoms. The molecular weight excluding hydrogens is 342 g/mol. The number of nitrogens with zero attached hydrogens (tertiary/aromatic N) is 1. The van der Waals surface area contributed by atoms with Gasteiger partial charge >= 0.3 is 0 Å². The highest BCUT2D eigenvalue weighted by Gasteiger charge is 2.14. The number of anilines is 2. The topological polar surface area (TPSA) is 84.2 Å². The molecule has 2 amide bonds. The lowest BCUT2D eigenvalue weighted by Crippen LogP contribution is -2.12. The van der Waals surface area contributed by atoms with Gasteiger partial charge in [0.15, 0.2) is 11.5 Å². The highest BCUT2D eigenvalue weighted by molar-refractivity contribution is 6.30. The highest BCUT2D eigenvalue weighted by atomic mass is 35.5. The van der Waals surface area contributed by atoms with Crippen LogP contribution < -0.4 is 10.6 Å². The summed E-state index contributed by atoms with van der Waals surface area (Å²) in [7, 11) is 0. The lowest BCUT2D eigenvalue weighted by molar-refractivity contribution is -0.114. The van der Waals surface area contributed by atoms with Gasteiger partial charge in [-0.25, -0.2) is 0 Å². The van der Waals surface area contributed by atoms with Crippen molar-refractivity contribution in [2.24, 2.45) is 0 Å². The lowest BCUT2D eigenvalue weighted by atomic mass is 10.1. The first-order chi connectivity index (χ1) is 12.0. The van der Waals surface area contributed by atoms with Crippen molar-refractivity contribution in [1.82, 2.24) is 5.16 Å². The van der Waals surface area contributed by atoms with Crippen LogP contribution in [0.5, 0.6) is 0 Å². The molecule has 0 aliphatic rings. The van der Waals surface area contributed by atoms with Gasteiger partial charge in [-0.2, -0.15) is 0 Å². The van der Waals surface area contributed by atoms with Crippen LogP contribution in [0.2, 0.25) is 5.02 Å². The number of halogens is 1. The van der Waals surface area contributed by atoms with Gasteiger partial charge in [0.2, 0.25) is 5.91 Å². The molecule has 6 nitrogen and oxygen atoms in total. The molecule has 0 aliphatic carbocycles. The minimum atomic E-state index is -0.413. The summed E-state index contributed by atoms with van der Waals surface area (Å²) in [5.41, 5.74) is 2.04. The SMILES string of the molecule is CC(=O)Nc1cccc(NC(=O)c2cc(-c3ccc(Cl)cc3)on2)c1. The van der Waals surface area contributed by atoms with E-state index in [1.165, 1.54) is 6.92 Å². The number of carbonyl (C=O) groups is 2. The zero-order valence-corrected chi connectivity index (χ0v) is 14.0. The van der Waals surface area contributed by atoms with Crippen LogP contribution in [0.15, 0.2) is 59.1 Å². The Labute approximate surface area is 148 Å². The second-order valence-electron chi connectivity index (χ2n) is 5.30. The molecule has 0 saturated carbocycles. The third-order valence-electron chi connectivity index (χ3n) is 3.31. The van der Waals surface area contributed by atoms with Crippen molar-refractivity contribution in [3.05, 3.63) is 65.3 Å². The number of carbonyl (C=O) groups excluding carboxylic acids is 2. The van der Waals surface area contributed by atoms with Crippen LogP contribution in [0.4, 0.5) is 11.4 Å². The number of rotatable bonds is 4. The predicted molar refractivity (Wildman–Crippen MR) is 95.6 cm³/mol. The standard InChI is InChI=1S/C18H14ClN3O3/c1-11(23)20-14-3-2-4-15(9-14)21-18(24)16-10-17(25-22-16)12-5-7-13(19)8-6-12/h2-10H,1H3,(H,20,23)(H,21,24). The fourth-order valence-electron chi connectivity index (χ4n) is 2.21. The number of nitrogens with one attached hydrogen (secondary N) is 2. The van der Waals surface area contributed by atoms with E-state index in [0.29, 0.717) is 22.2 Å². The van der Waals surface area contributed by atoms with E-state index >= 15 is 0 Å². The van der Waals surface area contributed by atoms with Crippen LogP contribution in [0.25, 0.3) is 11.3 Å². The molecular formula is C18H14ClN3O3. The maximum Gasteiger partial charge on any atom is 0.277 e. The van der Waals surface area contributed by atoms with Crippen molar-refractivity contribution in [2.75, 3.05) is 10.6 Å². The second-order valence-corrected chi connectivity index (χ2v) is 5.74. The molecule has 0 saturated heterocycles. The van der Waals surface area contributed by atoms with E-state index in [0.717, 1.165) is 5.56 Å². The van der Waals surface area contributed by atoms with Crippen LogP contribution in [-0.2, 0) is 4.79 Å². The minimum Gasteiger partial charge on any atom is -0.355 e. The molecule has 1 heterocycles. The Hall–Kier alpha value is -3.12. The first-order valence-corrected chi connectivity index (χ1v) is 7.81. The highest BCUT2D eigenvalue weighted by Crippen LogP contribution is 2.23. The number of hydrogen-bond acceptors (Lipinski definition) is 4. The number of aromatic nitrogens is 1. The molecule has 2 aromatic carbocycles. The van der Waals surface area contributed by atoms with Gasteiger partial charge in [-0.1, -0.05) is 22.8 Å². The van der Waals surface area contributed by atoms with Crippen LogP contribution in [-0.4, -0.2) is 17.0 Å². The van der Waals surface area contributed by atoms with Crippen LogP contribution in [0.1, 0.15) is 17.4 Å². The smallest absolute Gasteiger partial charge is 0.277 e. The molecule has 0 atom stereocenters. The zero-order valence-electron chi connectivity index (χ0n) is 13.2. The third-order valence-corrected chi connectivity index (χ3v) is 3.56. The minimum absolute atomic E-state index is 0.148. The fraction of sp³-hybridized carbons (Fsp3) is 0.0556. The maximum atomic E-state index is 12.3. The van der Waals surface area contributed by atoms with Crippen molar-refractivity contribution < 1.29 is 14.1 Å². The normalized spacial score (nSPS) is 10.3. The number of amides is 2. The average molecular weight is 356 g/mol. The quantitative estimate of drug-likeness (QED) is 0.734. The van der Waals surface area contributed by atoms with Crippen molar-refractivity contribution in [2.45, 2.75) is 6.92 Å². The Morgan fingerprint density at radius 2 is 1.68 bits per heavy atom. The van der Waals surface area contributed by atoms with E-state index in [9.17, 15) is 9.59 Å². The summed E-state index contributed by atoms with van der Waals surface area (Å²) >= 11 is 5.85. The predicted octanol–water partition coefficient (Wildman–Crippen LogP) is 4.21. The Bertz CT molecular complexity index is 919. The van der Waals surface area contributed by atoms with Crippen LogP contribution in [0.3, 0.4) is 0 Å². The molecule has 0 aliphatic heterocycles. The van der Waals surface area contributed by atoms with Crippen molar-refractivity contribution in [1.29, 1.82) is 0 Å². The summed E-state index contributed by atoms with van der Waals surface area (Å²) in [6.07, 6.45) is 0. The van der Waals surface area contributed by atoms with Crippen molar-refractivity contribution in [3.8, 4) is 11.3 Å². The molecule has 0 unspecified atom stereocenters. The molecule has 1 aromatic heterocycles. The van der Waals surface area contributed by atoms with Gasteiger partial charge in [-0.3, -0.25) is 9.59 Å². The van der Waals surface area contributed by atoms with Crippen molar-refractivity contribution >= 4 is 34.8 Å². The van der Waals surface area contributed by atoms with Crippen LogP contribution in [0, 0.1) is 0 Å². The molecule has 0 fully saturated rings. The number of hydrogen-bond donors (Lipinski definition) is 2. The second kappa shape index (κ2) is 7.19. The van der Waals surface area contributed by atoms with Gasteiger partial charge in [0.05, 0.1) is 0 Å². The first kappa shape index (κ1) is 16.7. The molecule has 2 N–H and O–H groups in total. The summed E-state index contributed by atoms with van der Waals surface area (Å²) in [6.45, 7) is 1.42. The van der Waals surface area contributed by atoms with Crippen molar-refractivity contribution in [3.63, 3.8) is 0 Å². The van der Waals surface area contributed by atoms with Crippen LogP contribution >= 0.6 is 11.6 Å². The van der Waals surface area contributed by atoms with E-state index in [1.54, 1.807) is 54.6 Å². The summed E-state index contributed by atoms with van der Waals surface area (Å²) in [5, 5.41) is 9.77. The third kappa shape index (κ3) is 4.24. The number of benzene rings is 2. The zero-order chi connectivity index (χ0) is 17.8. The van der Waals surface area contributed by atoms with E-state index < -0.39 is 5.91 Å². The van der Waals surface area contributed by atoms with E-state index in [1.807, 2.05) is 0 Å². The van der Waals surface area contributed by atoms with Gasteiger partial charge in [-0.05, 0) is 42.5 Å². The Morgan fingerprint density at radius 3 is 2.36 bits per heavy atom. The summed E-state index contributed by atoms with van der Waals surface area (Å²) in [5.74, 6) is -0.134. The Morgan fingerprint density at radius 1 is 1.00 bits per heavy atom. The Kier molecular flexibility index (Phi) is 4.81. The van der Waals surface area contributed by atoms with E-state index in [-0.39, 0.29) is 11.6 Å².